The van der Waals surface area contributed by atoms with Gasteiger partial charge in [-0.1, -0.05) is 6.07 Å². The van der Waals surface area contributed by atoms with Crippen molar-refractivity contribution in [1.82, 2.24) is 9.80 Å². The maximum Gasteiger partial charge on any atom is 0.237 e. The van der Waals surface area contributed by atoms with Crippen molar-refractivity contribution >= 4 is 17.2 Å². The number of carbonyl (C=O) groups is 1. The number of hydrogen-bond acceptors (Lipinski definition) is 4. The van der Waals surface area contributed by atoms with Crippen molar-refractivity contribution in [2.24, 2.45) is 0 Å². The number of aliphatic hydroxyl groups excluding tert-OH is 1. The van der Waals surface area contributed by atoms with Gasteiger partial charge in [0.25, 0.3) is 0 Å². The van der Waals surface area contributed by atoms with Crippen LogP contribution in [0.1, 0.15) is 30.2 Å². The molecule has 104 valence electrons. The van der Waals surface area contributed by atoms with Gasteiger partial charge in [-0.2, -0.15) is 0 Å². The van der Waals surface area contributed by atoms with Crippen LogP contribution in [0.2, 0.25) is 0 Å². The Balaban J connectivity index is 1.62. The lowest BCUT2D eigenvalue weighted by molar-refractivity contribution is -0.133. The van der Waals surface area contributed by atoms with E-state index >= 15 is 0 Å². The Labute approximate surface area is 117 Å². The van der Waals surface area contributed by atoms with Crippen LogP contribution in [0.4, 0.5) is 0 Å². The largest absolute Gasteiger partial charge is 0.392 e. The first-order chi connectivity index (χ1) is 9.24. The third-order valence-corrected chi connectivity index (χ3v) is 5.02. The van der Waals surface area contributed by atoms with Crippen molar-refractivity contribution < 1.29 is 9.90 Å². The predicted octanol–water partition coefficient (Wildman–Crippen LogP) is 1.48. The van der Waals surface area contributed by atoms with Crippen LogP contribution < -0.4 is 0 Å². The summed E-state index contributed by atoms with van der Waals surface area (Å²) in [6.45, 7) is 2.81. The second kappa shape index (κ2) is 5.61. The maximum atomic E-state index is 12.4. The van der Waals surface area contributed by atoms with E-state index in [0.717, 1.165) is 32.4 Å². The number of likely N-dealkylation sites (tertiary alicyclic amines) is 2. The smallest absolute Gasteiger partial charge is 0.237 e. The fraction of sp³-hybridized carbons (Fsp3) is 0.643. The SMILES string of the molecule is O=C(CN1CC[C@@H](O)C1)N1CCCC1c1cccs1. The third-order valence-electron chi connectivity index (χ3n) is 4.05. The van der Waals surface area contributed by atoms with Gasteiger partial charge >= 0.3 is 0 Å². The van der Waals surface area contributed by atoms with Gasteiger partial charge in [-0.25, -0.2) is 0 Å². The summed E-state index contributed by atoms with van der Waals surface area (Å²) < 4.78 is 0. The molecule has 1 N–H and O–H groups in total. The second-order valence-electron chi connectivity index (χ2n) is 5.44. The highest BCUT2D eigenvalue weighted by atomic mass is 32.1. The molecule has 0 bridgehead atoms. The molecule has 0 aromatic carbocycles. The van der Waals surface area contributed by atoms with Gasteiger partial charge in [0, 0.05) is 24.5 Å². The zero-order valence-electron chi connectivity index (χ0n) is 11.0. The topological polar surface area (TPSA) is 43.8 Å². The minimum atomic E-state index is -0.250. The summed E-state index contributed by atoms with van der Waals surface area (Å²) in [6, 6.07) is 4.46. The number of amides is 1. The predicted molar refractivity (Wildman–Crippen MR) is 75.1 cm³/mol. The van der Waals surface area contributed by atoms with E-state index in [1.807, 2.05) is 4.90 Å². The van der Waals surface area contributed by atoms with E-state index in [9.17, 15) is 9.90 Å². The normalized spacial score (nSPS) is 28.2. The molecule has 3 heterocycles. The van der Waals surface area contributed by atoms with Crippen molar-refractivity contribution in [1.29, 1.82) is 0 Å². The molecule has 1 unspecified atom stereocenters. The van der Waals surface area contributed by atoms with E-state index < -0.39 is 0 Å². The minimum Gasteiger partial charge on any atom is -0.392 e. The second-order valence-corrected chi connectivity index (χ2v) is 6.42. The van der Waals surface area contributed by atoms with Gasteiger partial charge in [0.05, 0.1) is 18.7 Å². The van der Waals surface area contributed by atoms with Gasteiger partial charge in [-0.15, -0.1) is 11.3 Å². The number of aliphatic hydroxyl groups is 1. The van der Waals surface area contributed by atoms with Crippen LogP contribution in [-0.4, -0.2) is 53.1 Å². The molecule has 0 aliphatic carbocycles. The molecule has 2 fully saturated rings. The average Bonchev–Trinajstić information content (AvgIpc) is 3.07. The highest BCUT2D eigenvalue weighted by Gasteiger charge is 2.32. The fourth-order valence-corrected chi connectivity index (χ4v) is 3.95. The average molecular weight is 280 g/mol. The van der Waals surface area contributed by atoms with Gasteiger partial charge in [0.2, 0.25) is 5.91 Å². The number of nitrogens with zero attached hydrogens (tertiary/aromatic N) is 2. The number of hydrogen-bond donors (Lipinski definition) is 1. The molecular formula is C14H20N2O2S. The molecule has 2 atom stereocenters. The number of β-amino-alcohol motifs (C(OH)–C–C–N with tert-alkyl or cyclic N) is 1. The summed E-state index contributed by atoms with van der Waals surface area (Å²) in [6.07, 6.45) is 2.72. The van der Waals surface area contributed by atoms with Gasteiger partial charge in [-0.05, 0) is 30.7 Å². The van der Waals surface area contributed by atoms with Crippen molar-refractivity contribution in [2.75, 3.05) is 26.2 Å². The summed E-state index contributed by atoms with van der Waals surface area (Å²) in [5, 5.41) is 11.6. The number of thiophene rings is 1. The molecule has 2 saturated heterocycles. The number of rotatable bonds is 3. The molecule has 0 saturated carbocycles. The maximum absolute atomic E-state index is 12.4. The van der Waals surface area contributed by atoms with Crippen LogP contribution >= 0.6 is 11.3 Å². The standard InChI is InChI=1S/C14H20N2O2S/c17-11-5-7-15(9-11)10-14(18)16-6-1-3-12(16)13-4-2-8-19-13/h2,4,8,11-12,17H,1,3,5-7,9-10H2/t11-,12?/m1/s1. The Bertz CT molecular complexity index is 435. The van der Waals surface area contributed by atoms with Crippen LogP contribution in [-0.2, 0) is 4.79 Å². The van der Waals surface area contributed by atoms with Crippen molar-refractivity contribution in [3.63, 3.8) is 0 Å². The quantitative estimate of drug-likeness (QED) is 0.912. The Morgan fingerprint density at radius 3 is 3.00 bits per heavy atom. The van der Waals surface area contributed by atoms with Gasteiger partial charge in [0.1, 0.15) is 0 Å². The lowest BCUT2D eigenvalue weighted by atomic mass is 10.2. The van der Waals surface area contributed by atoms with Gasteiger partial charge in [0.15, 0.2) is 0 Å². The molecule has 3 rings (SSSR count). The summed E-state index contributed by atoms with van der Waals surface area (Å²) in [4.78, 5) is 17.8. The number of carbonyl (C=O) groups excluding carboxylic acids is 1. The lowest BCUT2D eigenvalue weighted by Gasteiger charge is -2.26. The van der Waals surface area contributed by atoms with Crippen LogP contribution in [0.5, 0.6) is 0 Å². The minimum absolute atomic E-state index is 0.213. The first-order valence-corrected chi connectivity index (χ1v) is 7.85. The zero-order valence-corrected chi connectivity index (χ0v) is 11.8. The lowest BCUT2D eigenvalue weighted by Crippen LogP contribution is -2.39. The molecule has 2 aliphatic heterocycles. The monoisotopic (exact) mass is 280 g/mol. The molecule has 4 nitrogen and oxygen atoms in total. The summed E-state index contributed by atoms with van der Waals surface area (Å²) in [7, 11) is 0. The highest BCUT2D eigenvalue weighted by molar-refractivity contribution is 7.10. The first-order valence-electron chi connectivity index (χ1n) is 6.97. The van der Waals surface area contributed by atoms with Crippen molar-refractivity contribution in [3.05, 3.63) is 22.4 Å². The first kappa shape index (κ1) is 13.1. The summed E-state index contributed by atoms with van der Waals surface area (Å²) in [5.41, 5.74) is 0. The molecule has 1 amide bonds. The molecule has 2 aliphatic rings. The Kier molecular flexibility index (Phi) is 3.86. The Hall–Kier alpha value is -0.910. The molecule has 0 spiro atoms. The van der Waals surface area contributed by atoms with E-state index in [-0.39, 0.29) is 18.1 Å². The van der Waals surface area contributed by atoms with Crippen LogP contribution in [0, 0.1) is 0 Å². The summed E-state index contributed by atoms with van der Waals surface area (Å²) >= 11 is 1.74. The molecule has 5 heteroatoms. The van der Waals surface area contributed by atoms with E-state index in [0.29, 0.717) is 13.1 Å². The van der Waals surface area contributed by atoms with Crippen molar-refractivity contribution in [2.45, 2.75) is 31.4 Å². The van der Waals surface area contributed by atoms with E-state index in [4.69, 9.17) is 0 Å². The Morgan fingerprint density at radius 1 is 1.42 bits per heavy atom. The third kappa shape index (κ3) is 2.83. The van der Waals surface area contributed by atoms with Crippen molar-refractivity contribution in [3.8, 4) is 0 Å². The molecule has 19 heavy (non-hydrogen) atoms. The fourth-order valence-electron chi connectivity index (χ4n) is 3.08. The van der Waals surface area contributed by atoms with Gasteiger partial charge in [-0.3, -0.25) is 9.69 Å². The van der Waals surface area contributed by atoms with Gasteiger partial charge < -0.3 is 10.0 Å². The van der Waals surface area contributed by atoms with Crippen LogP contribution in [0.3, 0.4) is 0 Å². The van der Waals surface area contributed by atoms with Crippen LogP contribution in [0.15, 0.2) is 17.5 Å². The van der Waals surface area contributed by atoms with E-state index in [2.05, 4.69) is 22.4 Å². The van der Waals surface area contributed by atoms with E-state index in [1.165, 1.54) is 4.88 Å². The van der Waals surface area contributed by atoms with Crippen LogP contribution in [0.25, 0.3) is 0 Å². The summed E-state index contributed by atoms with van der Waals surface area (Å²) in [5.74, 6) is 0.213. The van der Waals surface area contributed by atoms with E-state index in [1.54, 1.807) is 11.3 Å². The highest BCUT2D eigenvalue weighted by Crippen LogP contribution is 2.34. The molecule has 1 aromatic heterocycles. The molecule has 0 radical (unpaired) electrons. The molecule has 1 aromatic rings. The zero-order chi connectivity index (χ0) is 13.2. The Morgan fingerprint density at radius 2 is 2.32 bits per heavy atom. The molecular weight excluding hydrogens is 260 g/mol.